The van der Waals surface area contributed by atoms with Gasteiger partial charge in [0.25, 0.3) is 0 Å². The summed E-state index contributed by atoms with van der Waals surface area (Å²) in [6.45, 7) is 3.53. The molecule has 3 aromatic carbocycles. The van der Waals surface area contributed by atoms with Crippen LogP contribution in [0.25, 0.3) is 22.6 Å². The molecule has 0 radical (unpaired) electrons. The van der Waals surface area contributed by atoms with E-state index in [1.807, 2.05) is 61.5 Å². The number of nitrogens with zero attached hydrogens (tertiary/aromatic N) is 1. The Morgan fingerprint density at radius 2 is 1.29 bits per heavy atom. The lowest BCUT2D eigenvalue weighted by atomic mass is 10.0. The fraction of sp³-hybridized carbons (Fsp3) is 0.0870. The molecule has 0 atom stereocenters. The van der Waals surface area contributed by atoms with Crippen molar-refractivity contribution in [1.29, 1.82) is 0 Å². The van der Waals surface area contributed by atoms with Crippen LogP contribution in [-0.4, -0.2) is 13.4 Å². The van der Waals surface area contributed by atoms with E-state index in [0.29, 0.717) is 5.89 Å². The predicted octanol–water partition coefficient (Wildman–Crippen LogP) is 5.46. The summed E-state index contributed by atoms with van der Waals surface area (Å²) in [5.41, 5.74) is 3.91. The van der Waals surface area contributed by atoms with Crippen molar-refractivity contribution in [1.82, 2.24) is 4.98 Å². The summed E-state index contributed by atoms with van der Waals surface area (Å²) in [7, 11) is -3.73. The minimum Gasteiger partial charge on any atom is -0.440 e. The molecule has 0 spiro atoms. The van der Waals surface area contributed by atoms with E-state index in [9.17, 15) is 8.42 Å². The Hall–Kier alpha value is -3.18. The molecule has 0 aliphatic carbocycles. The van der Waals surface area contributed by atoms with Gasteiger partial charge in [-0.1, -0.05) is 60.2 Å². The first-order valence-corrected chi connectivity index (χ1v) is 10.4. The molecular formula is C23H19NO3S. The summed E-state index contributed by atoms with van der Waals surface area (Å²) >= 11 is 0. The van der Waals surface area contributed by atoms with Crippen LogP contribution >= 0.6 is 0 Å². The Kier molecular flexibility index (Phi) is 4.61. The van der Waals surface area contributed by atoms with E-state index in [0.717, 1.165) is 22.3 Å². The van der Waals surface area contributed by atoms with Gasteiger partial charge in [-0.25, -0.2) is 8.42 Å². The minimum atomic E-state index is -3.73. The van der Waals surface area contributed by atoms with Crippen LogP contribution in [0.4, 0.5) is 0 Å². The van der Waals surface area contributed by atoms with Crippen molar-refractivity contribution in [2.75, 3.05) is 0 Å². The highest BCUT2D eigenvalue weighted by Gasteiger charge is 2.26. The van der Waals surface area contributed by atoms with Crippen LogP contribution in [0.2, 0.25) is 0 Å². The number of aromatic nitrogens is 1. The quantitative estimate of drug-likeness (QED) is 0.465. The smallest absolute Gasteiger partial charge is 0.227 e. The first kappa shape index (κ1) is 18.2. The monoisotopic (exact) mass is 389 g/mol. The van der Waals surface area contributed by atoms with Gasteiger partial charge < -0.3 is 4.42 Å². The van der Waals surface area contributed by atoms with Crippen LogP contribution in [0, 0.1) is 13.8 Å². The van der Waals surface area contributed by atoms with Crippen molar-refractivity contribution in [2.45, 2.75) is 23.8 Å². The zero-order chi connectivity index (χ0) is 19.7. The second kappa shape index (κ2) is 7.09. The highest BCUT2D eigenvalue weighted by atomic mass is 32.2. The fourth-order valence-corrected chi connectivity index (χ4v) is 4.36. The Balaban J connectivity index is 1.69. The average Bonchev–Trinajstić information content (AvgIpc) is 3.12. The summed E-state index contributed by atoms with van der Waals surface area (Å²) in [5, 5.41) is -0.0431. The van der Waals surface area contributed by atoms with Gasteiger partial charge in [0.15, 0.2) is 0 Å². The maximum atomic E-state index is 12.9. The third-order valence-corrected chi connectivity index (χ3v) is 6.36. The van der Waals surface area contributed by atoms with Crippen molar-refractivity contribution in [3.05, 3.63) is 90.2 Å². The van der Waals surface area contributed by atoms with Crippen LogP contribution in [-0.2, 0) is 9.84 Å². The van der Waals surface area contributed by atoms with Gasteiger partial charge >= 0.3 is 0 Å². The number of hydrogen-bond donors (Lipinski definition) is 0. The van der Waals surface area contributed by atoms with E-state index in [-0.39, 0.29) is 15.7 Å². The predicted molar refractivity (Wildman–Crippen MR) is 109 cm³/mol. The molecule has 4 rings (SSSR count). The average molecular weight is 389 g/mol. The lowest BCUT2D eigenvalue weighted by molar-refractivity contribution is 0.533. The zero-order valence-electron chi connectivity index (χ0n) is 15.6. The Bertz CT molecular complexity index is 1210. The number of rotatable bonds is 4. The molecule has 0 saturated heterocycles. The third-order valence-electron chi connectivity index (χ3n) is 4.58. The van der Waals surface area contributed by atoms with Gasteiger partial charge in [-0.3, -0.25) is 0 Å². The van der Waals surface area contributed by atoms with Crippen molar-refractivity contribution in [3.8, 4) is 22.6 Å². The molecule has 4 aromatic rings. The summed E-state index contributed by atoms with van der Waals surface area (Å²) < 4.78 is 31.5. The normalized spacial score (nSPS) is 11.5. The van der Waals surface area contributed by atoms with Gasteiger partial charge in [0.05, 0.1) is 4.90 Å². The molecule has 5 heteroatoms. The van der Waals surface area contributed by atoms with Gasteiger partial charge in [0.2, 0.25) is 20.8 Å². The maximum absolute atomic E-state index is 12.9. The second-order valence-corrected chi connectivity index (χ2v) is 8.51. The Morgan fingerprint density at radius 3 is 1.93 bits per heavy atom. The molecule has 140 valence electrons. The largest absolute Gasteiger partial charge is 0.440 e. The molecule has 4 nitrogen and oxygen atoms in total. The lowest BCUT2D eigenvalue weighted by Gasteiger charge is -2.02. The van der Waals surface area contributed by atoms with E-state index in [2.05, 4.69) is 4.98 Å². The summed E-state index contributed by atoms with van der Waals surface area (Å²) in [5.74, 6) is 0.575. The van der Waals surface area contributed by atoms with E-state index >= 15 is 0 Å². The first-order valence-electron chi connectivity index (χ1n) is 8.90. The SMILES string of the molecule is Cc1ccc(S(=O)(=O)c2nc(-c3ccc(-c4ccccc4)cc3)oc2C)cc1. The molecule has 1 aromatic heterocycles. The van der Waals surface area contributed by atoms with Crippen LogP contribution < -0.4 is 0 Å². The van der Waals surface area contributed by atoms with Gasteiger partial charge in [-0.15, -0.1) is 0 Å². The molecule has 0 aliphatic rings. The molecule has 0 saturated carbocycles. The molecule has 0 amide bonds. The van der Waals surface area contributed by atoms with Gasteiger partial charge in [0.1, 0.15) is 5.76 Å². The number of aryl methyl sites for hydroxylation is 2. The van der Waals surface area contributed by atoms with Gasteiger partial charge in [-0.2, -0.15) is 4.98 Å². The molecule has 0 bridgehead atoms. The van der Waals surface area contributed by atoms with E-state index < -0.39 is 9.84 Å². The summed E-state index contributed by atoms with van der Waals surface area (Å²) in [4.78, 5) is 4.51. The Morgan fingerprint density at radius 1 is 0.714 bits per heavy atom. The van der Waals surface area contributed by atoms with Gasteiger partial charge in [-0.05, 0) is 49.2 Å². The molecule has 0 unspecified atom stereocenters. The van der Waals surface area contributed by atoms with Crippen molar-refractivity contribution in [3.63, 3.8) is 0 Å². The zero-order valence-corrected chi connectivity index (χ0v) is 16.4. The van der Waals surface area contributed by atoms with Crippen LogP contribution in [0.15, 0.2) is 93.2 Å². The van der Waals surface area contributed by atoms with E-state index in [4.69, 9.17) is 4.42 Å². The van der Waals surface area contributed by atoms with Crippen LogP contribution in [0.5, 0.6) is 0 Å². The van der Waals surface area contributed by atoms with Gasteiger partial charge in [0, 0.05) is 5.56 Å². The molecule has 0 N–H and O–H groups in total. The topological polar surface area (TPSA) is 60.2 Å². The minimum absolute atomic E-state index is 0.0431. The van der Waals surface area contributed by atoms with Crippen LogP contribution in [0.1, 0.15) is 11.3 Å². The number of hydrogen-bond acceptors (Lipinski definition) is 4. The number of oxazole rings is 1. The standard InChI is InChI=1S/C23H19NO3S/c1-16-8-14-21(15-9-16)28(25,26)23-17(2)27-22(24-23)20-12-10-19(11-13-20)18-6-4-3-5-7-18/h3-15H,1-2H3. The molecule has 1 heterocycles. The highest BCUT2D eigenvalue weighted by molar-refractivity contribution is 7.91. The highest BCUT2D eigenvalue weighted by Crippen LogP contribution is 2.30. The number of benzene rings is 3. The number of sulfone groups is 1. The van der Waals surface area contributed by atoms with Crippen molar-refractivity contribution in [2.24, 2.45) is 0 Å². The lowest BCUT2D eigenvalue weighted by Crippen LogP contribution is -2.04. The van der Waals surface area contributed by atoms with Crippen LogP contribution in [0.3, 0.4) is 0 Å². The first-order chi connectivity index (χ1) is 13.4. The molecular weight excluding hydrogens is 370 g/mol. The summed E-state index contributed by atoms with van der Waals surface area (Å²) in [6.07, 6.45) is 0. The van der Waals surface area contributed by atoms with Crippen molar-refractivity contribution < 1.29 is 12.8 Å². The molecule has 28 heavy (non-hydrogen) atoms. The summed E-state index contributed by atoms with van der Waals surface area (Å²) in [6, 6.07) is 24.5. The second-order valence-electron chi connectivity index (χ2n) is 6.64. The Labute approximate surface area is 164 Å². The maximum Gasteiger partial charge on any atom is 0.227 e. The fourth-order valence-electron chi connectivity index (χ4n) is 3.02. The van der Waals surface area contributed by atoms with Crippen molar-refractivity contribution >= 4 is 9.84 Å². The molecule has 0 aliphatic heterocycles. The molecule has 0 fully saturated rings. The van der Waals surface area contributed by atoms with E-state index in [1.165, 1.54) is 0 Å². The third kappa shape index (κ3) is 3.37. The van der Waals surface area contributed by atoms with E-state index in [1.54, 1.807) is 31.2 Å².